The fourth-order valence-electron chi connectivity index (χ4n) is 2.91. The number of fused-ring (bicyclic) bond motifs is 3. The van der Waals surface area contributed by atoms with Crippen molar-refractivity contribution >= 4 is 5.69 Å². The third-order valence-corrected chi connectivity index (χ3v) is 3.59. The lowest BCUT2D eigenvalue weighted by Crippen LogP contribution is -2.49. The van der Waals surface area contributed by atoms with E-state index in [4.69, 9.17) is 5.73 Å². The predicted molar refractivity (Wildman–Crippen MR) is 59.9 cm³/mol. The molecule has 2 atom stereocenters. The number of benzene rings is 1. The van der Waals surface area contributed by atoms with Crippen LogP contribution in [-0.4, -0.2) is 17.3 Å². The van der Waals surface area contributed by atoms with Crippen molar-refractivity contribution in [2.75, 3.05) is 4.90 Å². The van der Waals surface area contributed by atoms with Crippen LogP contribution in [0, 0.1) is 0 Å². The number of piperidine rings is 1. The number of rotatable bonds is 0. The third kappa shape index (κ3) is 1.30. The molecule has 3 nitrogen and oxygen atoms in total. The molecule has 1 aromatic carbocycles. The van der Waals surface area contributed by atoms with Gasteiger partial charge in [-0.3, -0.25) is 0 Å². The van der Waals surface area contributed by atoms with Crippen LogP contribution >= 0.6 is 0 Å². The molecule has 15 heavy (non-hydrogen) atoms. The van der Waals surface area contributed by atoms with E-state index < -0.39 is 0 Å². The van der Waals surface area contributed by atoms with E-state index in [1.807, 2.05) is 12.1 Å². The number of phenols is 1. The molecule has 0 saturated carbocycles. The normalized spacial score (nSPS) is 28.7. The van der Waals surface area contributed by atoms with Gasteiger partial charge in [0, 0.05) is 17.8 Å². The van der Waals surface area contributed by atoms with Crippen LogP contribution in [0.5, 0.6) is 5.75 Å². The molecule has 3 rings (SSSR count). The summed E-state index contributed by atoms with van der Waals surface area (Å²) in [5, 5.41) is 9.51. The fourth-order valence-corrected chi connectivity index (χ4v) is 2.91. The molecule has 2 unspecified atom stereocenters. The maximum Gasteiger partial charge on any atom is 0.117 e. The van der Waals surface area contributed by atoms with Gasteiger partial charge in [0.25, 0.3) is 0 Å². The Morgan fingerprint density at radius 2 is 2.20 bits per heavy atom. The van der Waals surface area contributed by atoms with Gasteiger partial charge in [-0.05, 0) is 37.3 Å². The molecular formula is C12H16N2O. The molecule has 0 amide bonds. The molecule has 80 valence electrons. The molecule has 0 aliphatic carbocycles. The minimum atomic E-state index is 0.131. The van der Waals surface area contributed by atoms with Crippen molar-refractivity contribution in [3.63, 3.8) is 0 Å². The summed E-state index contributed by atoms with van der Waals surface area (Å²) in [6.45, 7) is 0. The second kappa shape index (κ2) is 3.14. The maximum absolute atomic E-state index is 9.51. The smallest absolute Gasteiger partial charge is 0.117 e. The van der Waals surface area contributed by atoms with Gasteiger partial charge in [-0.15, -0.1) is 0 Å². The molecule has 0 aromatic heterocycles. The molecule has 1 saturated heterocycles. The van der Waals surface area contributed by atoms with E-state index in [1.54, 1.807) is 6.07 Å². The summed E-state index contributed by atoms with van der Waals surface area (Å²) in [5.41, 5.74) is 8.60. The highest BCUT2D eigenvalue weighted by Gasteiger charge is 2.35. The lowest BCUT2D eigenvalue weighted by Gasteiger charge is -2.37. The zero-order chi connectivity index (χ0) is 10.4. The topological polar surface area (TPSA) is 49.5 Å². The van der Waals surface area contributed by atoms with Gasteiger partial charge in [0.15, 0.2) is 0 Å². The second-order valence-corrected chi connectivity index (χ2v) is 4.58. The number of hydrogen-bond acceptors (Lipinski definition) is 3. The summed E-state index contributed by atoms with van der Waals surface area (Å²) >= 11 is 0. The average Bonchev–Trinajstić information content (AvgIpc) is 2.57. The van der Waals surface area contributed by atoms with E-state index >= 15 is 0 Å². The molecule has 1 fully saturated rings. The SMILES string of the molecule is NC1CCCC2Cc3ccc(O)cc3N12. The van der Waals surface area contributed by atoms with Gasteiger partial charge >= 0.3 is 0 Å². The first-order chi connectivity index (χ1) is 7.25. The predicted octanol–water partition coefficient (Wildman–Crippen LogP) is 1.59. The number of nitrogens with two attached hydrogens (primary N) is 1. The van der Waals surface area contributed by atoms with Crippen LogP contribution in [-0.2, 0) is 6.42 Å². The van der Waals surface area contributed by atoms with Crippen LogP contribution in [0.3, 0.4) is 0 Å². The summed E-state index contributed by atoms with van der Waals surface area (Å²) in [4.78, 5) is 2.29. The standard InChI is InChI=1S/C12H16N2O/c13-12-3-1-2-9-6-8-4-5-10(15)7-11(8)14(9)12/h4-5,7,9,12,15H,1-3,6,13H2. The molecule has 1 aromatic rings. The summed E-state index contributed by atoms with van der Waals surface area (Å²) < 4.78 is 0. The van der Waals surface area contributed by atoms with Gasteiger partial charge in [-0.2, -0.15) is 0 Å². The quantitative estimate of drug-likeness (QED) is 0.674. The van der Waals surface area contributed by atoms with Gasteiger partial charge in [-0.25, -0.2) is 0 Å². The zero-order valence-electron chi connectivity index (χ0n) is 8.69. The number of hydrogen-bond donors (Lipinski definition) is 2. The molecule has 2 heterocycles. The molecule has 3 heteroatoms. The minimum Gasteiger partial charge on any atom is -0.508 e. The molecule has 0 radical (unpaired) electrons. The van der Waals surface area contributed by atoms with Crippen LogP contribution in [0.15, 0.2) is 18.2 Å². The lowest BCUT2D eigenvalue weighted by molar-refractivity contribution is 0.401. The Morgan fingerprint density at radius 1 is 1.33 bits per heavy atom. The van der Waals surface area contributed by atoms with Crippen LogP contribution < -0.4 is 10.6 Å². The van der Waals surface area contributed by atoms with Gasteiger partial charge in [0.1, 0.15) is 5.75 Å². The van der Waals surface area contributed by atoms with E-state index in [0.717, 1.165) is 18.5 Å². The minimum absolute atomic E-state index is 0.131. The summed E-state index contributed by atoms with van der Waals surface area (Å²) in [6, 6.07) is 6.20. The van der Waals surface area contributed by atoms with E-state index in [9.17, 15) is 5.11 Å². The largest absolute Gasteiger partial charge is 0.508 e. The van der Waals surface area contributed by atoms with Gasteiger partial charge in [0.2, 0.25) is 0 Å². The highest BCUT2D eigenvalue weighted by atomic mass is 16.3. The number of nitrogens with zero attached hydrogens (tertiary/aromatic N) is 1. The van der Waals surface area contributed by atoms with E-state index in [-0.39, 0.29) is 6.17 Å². The summed E-state index contributed by atoms with van der Waals surface area (Å²) in [6.07, 6.45) is 4.73. The zero-order valence-corrected chi connectivity index (χ0v) is 8.69. The van der Waals surface area contributed by atoms with Crippen LogP contribution in [0.25, 0.3) is 0 Å². The van der Waals surface area contributed by atoms with E-state index in [1.165, 1.54) is 18.4 Å². The maximum atomic E-state index is 9.51. The Balaban J connectivity index is 2.04. The molecule has 3 N–H and O–H groups in total. The molecular weight excluding hydrogens is 188 g/mol. The Morgan fingerprint density at radius 3 is 3.07 bits per heavy atom. The van der Waals surface area contributed by atoms with Crippen molar-refractivity contribution in [2.45, 2.75) is 37.9 Å². The highest BCUT2D eigenvalue weighted by Crippen LogP contribution is 2.39. The van der Waals surface area contributed by atoms with Crippen molar-refractivity contribution in [1.82, 2.24) is 0 Å². The van der Waals surface area contributed by atoms with Gasteiger partial charge < -0.3 is 15.7 Å². The van der Waals surface area contributed by atoms with Crippen LogP contribution in [0.4, 0.5) is 5.69 Å². The Kier molecular flexibility index (Phi) is 1.89. The number of aromatic hydroxyl groups is 1. The summed E-state index contributed by atoms with van der Waals surface area (Å²) in [5.74, 6) is 0.340. The summed E-state index contributed by atoms with van der Waals surface area (Å²) in [7, 11) is 0. The third-order valence-electron chi connectivity index (χ3n) is 3.59. The molecule has 2 aliphatic rings. The van der Waals surface area contributed by atoms with Crippen molar-refractivity contribution in [3.05, 3.63) is 23.8 Å². The van der Waals surface area contributed by atoms with Crippen molar-refractivity contribution < 1.29 is 5.11 Å². The lowest BCUT2D eigenvalue weighted by atomic mass is 10.00. The monoisotopic (exact) mass is 204 g/mol. The van der Waals surface area contributed by atoms with Crippen molar-refractivity contribution in [2.24, 2.45) is 5.73 Å². The molecule has 0 spiro atoms. The van der Waals surface area contributed by atoms with E-state index in [2.05, 4.69) is 4.90 Å². The Labute approximate surface area is 89.5 Å². The van der Waals surface area contributed by atoms with E-state index in [0.29, 0.717) is 11.8 Å². The molecule has 2 aliphatic heterocycles. The van der Waals surface area contributed by atoms with Gasteiger partial charge in [-0.1, -0.05) is 6.07 Å². The number of anilines is 1. The Bertz CT molecular complexity index is 391. The Hall–Kier alpha value is -1.22. The van der Waals surface area contributed by atoms with Crippen LogP contribution in [0.2, 0.25) is 0 Å². The first-order valence-electron chi connectivity index (χ1n) is 5.61. The number of phenolic OH excluding ortho intramolecular Hbond substituents is 1. The average molecular weight is 204 g/mol. The highest BCUT2D eigenvalue weighted by molar-refractivity contribution is 5.63. The molecule has 0 bridgehead atoms. The fraction of sp³-hybridized carbons (Fsp3) is 0.500. The van der Waals surface area contributed by atoms with Crippen molar-refractivity contribution in [3.8, 4) is 5.75 Å². The van der Waals surface area contributed by atoms with Gasteiger partial charge in [0.05, 0.1) is 6.17 Å². The van der Waals surface area contributed by atoms with Crippen molar-refractivity contribution in [1.29, 1.82) is 0 Å². The second-order valence-electron chi connectivity index (χ2n) is 4.58. The first kappa shape index (κ1) is 9.04. The first-order valence-corrected chi connectivity index (χ1v) is 5.61. The van der Waals surface area contributed by atoms with Crippen LogP contribution in [0.1, 0.15) is 24.8 Å².